The molecule has 0 N–H and O–H groups in total. The Bertz CT molecular complexity index is 624. The SMILES string of the molecule is O=C(C[C@H]1CCCO1)N1CCN(C(=O)c2ccc(F)cc2F)CC1. The average Bonchev–Trinajstić information content (AvgIpc) is 3.07. The van der Waals surface area contributed by atoms with Gasteiger partial charge < -0.3 is 14.5 Å². The van der Waals surface area contributed by atoms with Crippen molar-refractivity contribution in [2.45, 2.75) is 25.4 Å². The van der Waals surface area contributed by atoms with Crippen LogP contribution >= 0.6 is 0 Å². The maximum atomic E-state index is 13.7. The van der Waals surface area contributed by atoms with Gasteiger partial charge in [-0.1, -0.05) is 0 Å². The maximum absolute atomic E-state index is 13.7. The second kappa shape index (κ2) is 7.25. The van der Waals surface area contributed by atoms with Gasteiger partial charge in [0, 0.05) is 38.9 Å². The Labute approximate surface area is 139 Å². The second-order valence-electron chi connectivity index (χ2n) is 6.14. The molecule has 2 heterocycles. The van der Waals surface area contributed by atoms with E-state index in [9.17, 15) is 18.4 Å². The van der Waals surface area contributed by atoms with Crippen LogP contribution in [-0.4, -0.2) is 60.5 Å². The van der Waals surface area contributed by atoms with Gasteiger partial charge in [-0.3, -0.25) is 9.59 Å². The highest BCUT2D eigenvalue weighted by atomic mass is 19.1. The van der Waals surface area contributed by atoms with Gasteiger partial charge in [0.1, 0.15) is 11.6 Å². The van der Waals surface area contributed by atoms with Crippen molar-refractivity contribution in [2.75, 3.05) is 32.8 Å². The van der Waals surface area contributed by atoms with E-state index < -0.39 is 17.5 Å². The molecule has 3 rings (SSSR count). The number of carbonyl (C=O) groups excluding carboxylic acids is 2. The Hall–Kier alpha value is -2.02. The number of ether oxygens (including phenoxy) is 1. The largest absolute Gasteiger partial charge is 0.378 e. The smallest absolute Gasteiger partial charge is 0.256 e. The summed E-state index contributed by atoms with van der Waals surface area (Å²) in [5.74, 6) is -2.02. The Morgan fingerprint density at radius 1 is 1.12 bits per heavy atom. The molecule has 7 heteroatoms. The van der Waals surface area contributed by atoms with Gasteiger partial charge in [0.25, 0.3) is 5.91 Å². The van der Waals surface area contributed by atoms with Crippen LogP contribution in [0.25, 0.3) is 0 Å². The Morgan fingerprint density at radius 3 is 2.46 bits per heavy atom. The highest BCUT2D eigenvalue weighted by Crippen LogP contribution is 2.18. The van der Waals surface area contributed by atoms with Crippen LogP contribution in [-0.2, 0) is 9.53 Å². The summed E-state index contributed by atoms with van der Waals surface area (Å²) in [5.41, 5.74) is -0.143. The molecule has 0 bridgehead atoms. The minimum absolute atomic E-state index is 0.00507. The lowest BCUT2D eigenvalue weighted by molar-refractivity contribution is -0.134. The van der Waals surface area contributed by atoms with Gasteiger partial charge in [0.2, 0.25) is 5.91 Å². The summed E-state index contributed by atoms with van der Waals surface area (Å²) in [6, 6.07) is 2.92. The van der Waals surface area contributed by atoms with E-state index in [0.717, 1.165) is 25.0 Å². The van der Waals surface area contributed by atoms with Gasteiger partial charge in [-0.15, -0.1) is 0 Å². The van der Waals surface area contributed by atoms with Crippen LogP contribution in [0.1, 0.15) is 29.6 Å². The molecule has 2 saturated heterocycles. The molecule has 0 spiro atoms. The first-order valence-corrected chi connectivity index (χ1v) is 8.18. The molecule has 2 amide bonds. The zero-order valence-electron chi connectivity index (χ0n) is 13.3. The summed E-state index contributed by atoms with van der Waals surface area (Å²) >= 11 is 0. The van der Waals surface area contributed by atoms with E-state index in [1.165, 1.54) is 4.90 Å². The van der Waals surface area contributed by atoms with Crippen LogP contribution in [0.5, 0.6) is 0 Å². The number of amides is 2. The molecular weight excluding hydrogens is 318 g/mol. The molecule has 0 saturated carbocycles. The molecule has 0 aromatic heterocycles. The molecule has 0 unspecified atom stereocenters. The van der Waals surface area contributed by atoms with Gasteiger partial charge in [-0.05, 0) is 25.0 Å². The van der Waals surface area contributed by atoms with E-state index in [0.29, 0.717) is 45.3 Å². The molecular formula is C17H20F2N2O3. The molecule has 1 aromatic rings. The van der Waals surface area contributed by atoms with E-state index in [-0.39, 0.29) is 17.6 Å². The monoisotopic (exact) mass is 338 g/mol. The molecule has 0 radical (unpaired) electrons. The number of hydrogen-bond acceptors (Lipinski definition) is 3. The molecule has 24 heavy (non-hydrogen) atoms. The number of halogens is 2. The fourth-order valence-corrected chi connectivity index (χ4v) is 3.12. The van der Waals surface area contributed by atoms with Crippen LogP contribution in [0.4, 0.5) is 8.78 Å². The zero-order chi connectivity index (χ0) is 17.1. The predicted octanol–water partition coefficient (Wildman–Crippen LogP) is 1.82. The Kier molecular flexibility index (Phi) is 5.08. The average molecular weight is 338 g/mol. The van der Waals surface area contributed by atoms with Crippen molar-refractivity contribution in [3.05, 3.63) is 35.4 Å². The first-order chi connectivity index (χ1) is 11.5. The highest BCUT2D eigenvalue weighted by Gasteiger charge is 2.28. The lowest BCUT2D eigenvalue weighted by atomic mass is 10.1. The summed E-state index contributed by atoms with van der Waals surface area (Å²) in [5, 5.41) is 0. The third-order valence-electron chi connectivity index (χ3n) is 4.51. The molecule has 2 aliphatic heterocycles. The minimum Gasteiger partial charge on any atom is -0.378 e. The molecule has 2 aliphatic rings. The van der Waals surface area contributed by atoms with Gasteiger partial charge in [-0.2, -0.15) is 0 Å². The van der Waals surface area contributed by atoms with Gasteiger partial charge >= 0.3 is 0 Å². The van der Waals surface area contributed by atoms with Crippen LogP contribution in [0, 0.1) is 11.6 Å². The number of benzene rings is 1. The number of carbonyl (C=O) groups is 2. The first kappa shape index (κ1) is 16.8. The van der Waals surface area contributed by atoms with Crippen LogP contribution in [0.2, 0.25) is 0 Å². The standard InChI is InChI=1S/C17H20F2N2O3/c18-12-3-4-14(15(19)10-12)17(23)21-7-5-20(6-8-21)16(22)11-13-2-1-9-24-13/h3-4,10,13H,1-2,5-9,11H2/t13-/m1/s1. The summed E-state index contributed by atoms with van der Waals surface area (Å²) in [7, 11) is 0. The quantitative estimate of drug-likeness (QED) is 0.845. The van der Waals surface area contributed by atoms with Gasteiger partial charge in [0.15, 0.2) is 0 Å². The van der Waals surface area contributed by atoms with Crippen molar-refractivity contribution in [3.63, 3.8) is 0 Å². The molecule has 0 aliphatic carbocycles. The summed E-state index contributed by atoms with van der Waals surface area (Å²) in [6.07, 6.45) is 2.28. The molecule has 5 nitrogen and oxygen atoms in total. The van der Waals surface area contributed by atoms with E-state index >= 15 is 0 Å². The molecule has 2 fully saturated rings. The molecule has 1 atom stereocenters. The van der Waals surface area contributed by atoms with Gasteiger partial charge in [-0.25, -0.2) is 8.78 Å². The number of rotatable bonds is 3. The number of nitrogens with zero attached hydrogens (tertiary/aromatic N) is 2. The minimum atomic E-state index is -0.864. The van der Waals surface area contributed by atoms with Crippen LogP contribution in [0.3, 0.4) is 0 Å². The van der Waals surface area contributed by atoms with Gasteiger partial charge in [0.05, 0.1) is 18.1 Å². The number of piperazine rings is 1. The third-order valence-corrected chi connectivity index (χ3v) is 4.51. The summed E-state index contributed by atoms with van der Waals surface area (Å²) < 4.78 is 32.1. The molecule has 130 valence electrons. The third kappa shape index (κ3) is 3.72. The highest BCUT2D eigenvalue weighted by molar-refractivity contribution is 5.94. The normalized spacial score (nSPS) is 21.2. The van der Waals surface area contributed by atoms with Crippen molar-refractivity contribution in [1.82, 2.24) is 9.80 Å². The lowest BCUT2D eigenvalue weighted by Crippen LogP contribution is -2.51. The summed E-state index contributed by atoms with van der Waals surface area (Å²) in [4.78, 5) is 27.8. The fraction of sp³-hybridized carbons (Fsp3) is 0.529. The van der Waals surface area contributed by atoms with Crippen molar-refractivity contribution >= 4 is 11.8 Å². The van der Waals surface area contributed by atoms with Crippen molar-refractivity contribution < 1.29 is 23.1 Å². The van der Waals surface area contributed by atoms with Crippen molar-refractivity contribution in [1.29, 1.82) is 0 Å². The fourth-order valence-electron chi connectivity index (χ4n) is 3.12. The number of hydrogen-bond donors (Lipinski definition) is 0. The lowest BCUT2D eigenvalue weighted by Gasteiger charge is -2.35. The van der Waals surface area contributed by atoms with E-state index in [1.54, 1.807) is 4.90 Å². The summed E-state index contributed by atoms with van der Waals surface area (Å²) in [6.45, 7) is 2.23. The Balaban J connectivity index is 1.54. The first-order valence-electron chi connectivity index (χ1n) is 8.18. The zero-order valence-corrected chi connectivity index (χ0v) is 13.3. The topological polar surface area (TPSA) is 49.9 Å². The predicted molar refractivity (Wildman–Crippen MR) is 82.4 cm³/mol. The van der Waals surface area contributed by atoms with E-state index in [1.807, 2.05) is 0 Å². The van der Waals surface area contributed by atoms with Crippen LogP contribution < -0.4 is 0 Å². The van der Waals surface area contributed by atoms with Crippen molar-refractivity contribution in [2.24, 2.45) is 0 Å². The molecule has 1 aromatic carbocycles. The van der Waals surface area contributed by atoms with Crippen molar-refractivity contribution in [3.8, 4) is 0 Å². The Morgan fingerprint density at radius 2 is 1.83 bits per heavy atom. The second-order valence-corrected chi connectivity index (χ2v) is 6.14. The van der Waals surface area contributed by atoms with Crippen LogP contribution in [0.15, 0.2) is 18.2 Å². The van der Waals surface area contributed by atoms with E-state index in [2.05, 4.69) is 0 Å². The van der Waals surface area contributed by atoms with E-state index in [4.69, 9.17) is 4.74 Å². The maximum Gasteiger partial charge on any atom is 0.256 e.